The van der Waals surface area contributed by atoms with E-state index in [1.807, 2.05) is 0 Å². The molecule has 1 atom stereocenters. The molecule has 2 nitrogen and oxygen atoms in total. The van der Waals surface area contributed by atoms with Gasteiger partial charge in [-0.2, -0.15) is 10.2 Å². The molecule has 0 saturated heterocycles. The summed E-state index contributed by atoms with van der Waals surface area (Å²) in [5.41, 5.74) is 2.68. The van der Waals surface area contributed by atoms with Gasteiger partial charge in [-0.3, -0.25) is 0 Å². The average Bonchev–Trinajstić information content (AvgIpc) is 2.17. The van der Waals surface area contributed by atoms with Crippen molar-refractivity contribution in [1.29, 1.82) is 0 Å². The third kappa shape index (κ3) is 1.48. The molecule has 2 rings (SSSR count). The van der Waals surface area contributed by atoms with Gasteiger partial charge >= 0.3 is 0 Å². The molecule has 0 amide bonds. The van der Waals surface area contributed by atoms with Gasteiger partial charge in [0.1, 0.15) is 0 Å². The molecule has 13 heavy (non-hydrogen) atoms. The van der Waals surface area contributed by atoms with Crippen molar-refractivity contribution in [2.75, 3.05) is 0 Å². The van der Waals surface area contributed by atoms with Gasteiger partial charge in [0.2, 0.25) is 0 Å². The highest BCUT2D eigenvalue weighted by molar-refractivity contribution is 5.31. The Hall–Kier alpha value is -1.18. The minimum atomic E-state index is 0.268. The van der Waals surface area contributed by atoms with Crippen LogP contribution in [-0.2, 0) is 6.54 Å². The lowest BCUT2D eigenvalue weighted by molar-refractivity contribution is 0.473. The number of fused-ring (bicyclic) bond motifs is 1. The molecule has 0 aliphatic carbocycles. The van der Waals surface area contributed by atoms with Crippen LogP contribution in [0.15, 0.2) is 34.5 Å². The van der Waals surface area contributed by atoms with Crippen molar-refractivity contribution in [3.63, 3.8) is 0 Å². The van der Waals surface area contributed by atoms with Crippen molar-refractivity contribution in [2.45, 2.75) is 26.4 Å². The van der Waals surface area contributed by atoms with Gasteiger partial charge in [0.15, 0.2) is 0 Å². The van der Waals surface area contributed by atoms with Gasteiger partial charge in [-0.1, -0.05) is 38.1 Å². The smallest absolute Gasteiger partial charge is 0.0983 e. The second-order valence-electron chi connectivity index (χ2n) is 3.80. The SMILES string of the molecule is CC(C)C1N=NCc2ccccc21. The van der Waals surface area contributed by atoms with E-state index in [0.717, 1.165) is 6.54 Å². The van der Waals surface area contributed by atoms with Crippen LogP contribution in [0, 0.1) is 5.92 Å². The zero-order valence-corrected chi connectivity index (χ0v) is 8.07. The third-order valence-corrected chi connectivity index (χ3v) is 2.45. The zero-order valence-electron chi connectivity index (χ0n) is 8.07. The second-order valence-corrected chi connectivity index (χ2v) is 3.80. The molecule has 1 aromatic rings. The lowest BCUT2D eigenvalue weighted by Gasteiger charge is -2.21. The first-order valence-electron chi connectivity index (χ1n) is 4.73. The Morgan fingerprint density at radius 1 is 1.31 bits per heavy atom. The zero-order chi connectivity index (χ0) is 9.26. The number of azo groups is 1. The van der Waals surface area contributed by atoms with E-state index in [1.54, 1.807) is 0 Å². The monoisotopic (exact) mass is 174 g/mol. The molecule has 0 aromatic heterocycles. The maximum atomic E-state index is 4.30. The molecular formula is C11H14N2. The van der Waals surface area contributed by atoms with E-state index in [1.165, 1.54) is 11.1 Å². The Balaban J connectivity index is 2.42. The summed E-state index contributed by atoms with van der Waals surface area (Å²) in [6.07, 6.45) is 0. The van der Waals surface area contributed by atoms with Crippen LogP contribution in [0.5, 0.6) is 0 Å². The topological polar surface area (TPSA) is 24.7 Å². The summed E-state index contributed by atoms with van der Waals surface area (Å²) in [4.78, 5) is 0. The lowest BCUT2D eigenvalue weighted by atomic mass is 9.92. The minimum Gasteiger partial charge on any atom is -0.189 e. The summed E-state index contributed by atoms with van der Waals surface area (Å²) in [6, 6.07) is 8.72. The molecule has 0 radical (unpaired) electrons. The summed E-state index contributed by atoms with van der Waals surface area (Å²) < 4.78 is 0. The Morgan fingerprint density at radius 2 is 2.08 bits per heavy atom. The molecule has 1 aromatic carbocycles. The molecule has 1 aliphatic rings. The van der Waals surface area contributed by atoms with Gasteiger partial charge in [-0.25, -0.2) is 0 Å². The molecule has 0 saturated carbocycles. The fraction of sp³-hybridized carbons (Fsp3) is 0.455. The normalized spacial score (nSPS) is 20.4. The second kappa shape index (κ2) is 3.29. The molecule has 2 heteroatoms. The quantitative estimate of drug-likeness (QED) is 0.623. The van der Waals surface area contributed by atoms with Crippen LogP contribution in [0.4, 0.5) is 0 Å². The number of nitrogens with zero attached hydrogens (tertiary/aromatic N) is 2. The van der Waals surface area contributed by atoms with Crippen LogP contribution in [0.1, 0.15) is 31.0 Å². The van der Waals surface area contributed by atoms with E-state index in [-0.39, 0.29) is 6.04 Å². The van der Waals surface area contributed by atoms with Gasteiger partial charge in [0, 0.05) is 0 Å². The maximum Gasteiger partial charge on any atom is 0.0983 e. The van der Waals surface area contributed by atoms with Crippen LogP contribution >= 0.6 is 0 Å². The van der Waals surface area contributed by atoms with Gasteiger partial charge in [0.25, 0.3) is 0 Å². The number of benzene rings is 1. The van der Waals surface area contributed by atoms with Gasteiger partial charge in [-0.15, -0.1) is 0 Å². The van der Waals surface area contributed by atoms with E-state index in [2.05, 4.69) is 48.3 Å². The molecule has 1 unspecified atom stereocenters. The number of rotatable bonds is 1. The van der Waals surface area contributed by atoms with Crippen LogP contribution in [0.25, 0.3) is 0 Å². The van der Waals surface area contributed by atoms with Gasteiger partial charge in [-0.05, 0) is 17.0 Å². The lowest BCUT2D eigenvalue weighted by Crippen LogP contribution is -2.09. The predicted molar refractivity (Wildman–Crippen MR) is 52.6 cm³/mol. The van der Waals surface area contributed by atoms with Crippen LogP contribution in [-0.4, -0.2) is 0 Å². The Labute approximate surface area is 78.7 Å². The molecule has 0 N–H and O–H groups in total. The number of hydrogen-bond donors (Lipinski definition) is 0. The van der Waals surface area contributed by atoms with E-state index in [0.29, 0.717) is 5.92 Å². The van der Waals surface area contributed by atoms with Crippen molar-refractivity contribution in [1.82, 2.24) is 0 Å². The minimum absolute atomic E-state index is 0.268. The predicted octanol–water partition coefficient (Wildman–Crippen LogP) is 3.35. The van der Waals surface area contributed by atoms with Crippen molar-refractivity contribution in [3.05, 3.63) is 35.4 Å². The maximum absolute atomic E-state index is 4.30. The summed E-state index contributed by atoms with van der Waals surface area (Å²) in [5.74, 6) is 0.533. The first-order valence-corrected chi connectivity index (χ1v) is 4.73. The Bertz CT molecular complexity index is 329. The standard InChI is InChI=1S/C11H14N2/c1-8(2)11-10-6-4-3-5-9(10)7-12-13-11/h3-6,8,11H,7H2,1-2H3. The van der Waals surface area contributed by atoms with Gasteiger partial charge < -0.3 is 0 Å². The van der Waals surface area contributed by atoms with E-state index in [9.17, 15) is 0 Å². The largest absolute Gasteiger partial charge is 0.189 e. The first kappa shape index (κ1) is 8.42. The van der Waals surface area contributed by atoms with Crippen LogP contribution < -0.4 is 0 Å². The highest BCUT2D eigenvalue weighted by Crippen LogP contribution is 2.32. The molecule has 1 aliphatic heterocycles. The molecule has 1 heterocycles. The summed E-state index contributed by atoms with van der Waals surface area (Å²) in [6.45, 7) is 5.12. The molecular weight excluding hydrogens is 160 g/mol. The van der Waals surface area contributed by atoms with E-state index < -0.39 is 0 Å². The Kier molecular flexibility index (Phi) is 2.13. The highest BCUT2D eigenvalue weighted by Gasteiger charge is 2.20. The fourth-order valence-electron chi connectivity index (χ4n) is 1.73. The van der Waals surface area contributed by atoms with E-state index in [4.69, 9.17) is 0 Å². The first-order chi connectivity index (χ1) is 6.29. The van der Waals surface area contributed by atoms with E-state index >= 15 is 0 Å². The van der Waals surface area contributed by atoms with Crippen molar-refractivity contribution in [3.8, 4) is 0 Å². The molecule has 68 valence electrons. The summed E-state index contributed by atoms with van der Waals surface area (Å²) >= 11 is 0. The van der Waals surface area contributed by atoms with Crippen molar-refractivity contribution >= 4 is 0 Å². The van der Waals surface area contributed by atoms with Crippen molar-refractivity contribution in [2.24, 2.45) is 16.1 Å². The highest BCUT2D eigenvalue weighted by atomic mass is 15.1. The van der Waals surface area contributed by atoms with Crippen molar-refractivity contribution < 1.29 is 0 Å². The summed E-state index contributed by atoms with van der Waals surface area (Å²) in [5, 5.41) is 8.44. The van der Waals surface area contributed by atoms with Crippen LogP contribution in [0.3, 0.4) is 0 Å². The molecule has 0 fully saturated rings. The van der Waals surface area contributed by atoms with Crippen LogP contribution in [0.2, 0.25) is 0 Å². The molecule has 0 spiro atoms. The molecule has 0 bridgehead atoms. The van der Waals surface area contributed by atoms with Gasteiger partial charge in [0.05, 0.1) is 12.6 Å². The average molecular weight is 174 g/mol. The number of hydrogen-bond acceptors (Lipinski definition) is 2. The Morgan fingerprint density at radius 3 is 2.85 bits per heavy atom. The summed E-state index contributed by atoms with van der Waals surface area (Å²) in [7, 11) is 0. The fourth-order valence-corrected chi connectivity index (χ4v) is 1.73. The third-order valence-electron chi connectivity index (χ3n) is 2.45.